The van der Waals surface area contributed by atoms with Crippen molar-refractivity contribution in [3.8, 4) is 11.6 Å². The molecule has 0 unspecified atom stereocenters. The highest BCUT2D eigenvalue weighted by Gasteiger charge is 2.21. The molecule has 0 saturated carbocycles. The minimum Gasteiger partial charge on any atom is -0.446 e. The summed E-state index contributed by atoms with van der Waals surface area (Å²) in [5.74, 6) is -0.0649. The number of rotatable bonds is 5. The Kier molecular flexibility index (Phi) is 5.66. The van der Waals surface area contributed by atoms with Gasteiger partial charge in [-0.2, -0.15) is 0 Å². The zero-order valence-corrected chi connectivity index (χ0v) is 18.4. The first kappa shape index (κ1) is 21.0. The lowest BCUT2D eigenvalue weighted by Gasteiger charge is -2.28. The lowest BCUT2D eigenvalue weighted by Crippen LogP contribution is -2.29. The second-order valence-electron chi connectivity index (χ2n) is 8.43. The van der Waals surface area contributed by atoms with Gasteiger partial charge in [0.15, 0.2) is 11.6 Å². The summed E-state index contributed by atoms with van der Waals surface area (Å²) in [5.41, 5.74) is 4.66. The Morgan fingerprint density at radius 2 is 1.85 bits per heavy atom. The largest absolute Gasteiger partial charge is 0.446 e. The van der Waals surface area contributed by atoms with E-state index in [1.54, 1.807) is 6.07 Å². The number of halogens is 1. The van der Waals surface area contributed by atoms with E-state index in [2.05, 4.69) is 37.2 Å². The number of allylic oxidation sites excluding steroid dienone is 1. The van der Waals surface area contributed by atoms with E-state index in [0.717, 1.165) is 36.3 Å². The van der Waals surface area contributed by atoms with Gasteiger partial charge in [0.05, 0.1) is 6.57 Å². The van der Waals surface area contributed by atoms with E-state index >= 15 is 0 Å². The number of nitrogens with zero attached hydrogens (tertiary/aromatic N) is 4. The van der Waals surface area contributed by atoms with Crippen LogP contribution in [0, 0.1) is 12.4 Å². The standard InChI is InChI=1S/C26H24FN5O/c1-17-14-18-6-11-22(23(27)21(18)15-17)33-26-24(28-2)25(29-16-30-26)31-19-7-9-20(10-8-19)32-12-4-3-5-13-32/h6-11,15-16H,3-5,12-14H2,1H3,(H,29,30,31). The average Bonchev–Trinajstić information content (AvgIpc) is 3.23. The maximum Gasteiger partial charge on any atom is 0.288 e. The fourth-order valence-electron chi connectivity index (χ4n) is 4.38. The van der Waals surface area contributed by atoms with Crippen LogP contribution in [0.5, 0.6) is 11.6 Å². The molecular formula is C26H24FN5O. The van der Waals surface area contributed by atoms with Gasteiger partial charge in [-0.05, 0) is 68.5 Å². The topological polar surface area (TPSA) is 54.6 Å². The van der Waals surface area contributed by atoms with Crippen LogP contribution in [0.1, 0.15) is 37.3 Å². The number of fused-ring (bicyclic) bond motifs is 1. The predicted molar refractivity (Wildman–Crippen MR) is 128 cm³/mol. The van der Waals surface area contributed by atoms with Crippen LogP contribution in [0.25, 0.3) is 10.9 Å². The van der Waals surface area contributed by atoms with Crippen molar-refractivity contribution in [2.45, 2.75) is 32.6 Å². The molecule has 1 fully saturated rings. The third-order valence-electron chi connectivity index (χ3n) is 6.05. The zero-order valence-electron chi connectivity index (χ0n) is 18.4. The van der Waals surface area contributed by atoms with Gasteiger partial charge in [-0.15, -0.1) is 0 Å². The predicted octanol–water partition coefficient (Wildman–Crippen LogP) is 6.65. The maximum atomic E-state index is 15.0. The first-order valence-corrected chi connectivity index (χ1v) is 11.1. The number of benzene rings is 2. The average molecular weight is 442 g/mol. The second-order valence-corrected chi connectivity index (χ2v) is 8.43. The van der Waals surface area contributed by atoms with E-state index in [4.69, 9.17) is 11.3 Å². The van der Waals surface area contributed by atoms with Crippen molar-refractivity contribution >= 4 is 29.0 Å². The van der Waals surface area contributed by atoms with Crippen molar-refractivity contribution in [3.63, 3.8) is 0 Å². The molecule has 1 saturated heterocycles. The minimum atomic E-state index is -0.443. The van der Waals surface area contributed by atoms with Gasteiger partial charge in [0, 0.05) is 30.0 Å². The molecule has 166 valence electrons. The molecule has 2 heterocycles. The monoisotopic (exact) mass is 441 g/mol. The zero-order chi connectivity index (χ0) is 22.8. The summed E-state index contributed by atoms with van der Waals surface area (Å²) in [6, 6.07) is 11.5. The maximum absolute atomic E-state index is 15.0. The highest BCUT2D eigenvalue weighted by Crippen LogP contribution is 2.39. The SMILES string of the molecule is [C-]#[N+]c1c(Nc2ccc(N3CCCCC3)cc2)ncnc1Oc1ccc2c(c1F)C=C(C)C2. The van der Waals surface area contributed by atoms with Crippen LogP contribution in [-0.4, -0.2) is 23.1 Å². The summed E-state index contributed by atoms with van der Waals surface area (Å²) < 4.78 is 20.7. The van der Waals surface area contributed by atoms with Crippen molar-refractivity contribution in [2.75, 3.05) is 23.3 Å². The van der Waals surface area contributed by atoms with Gasteiger partial charge < -0.3 is 15.0 Å². The van der Waals surface area contributed by atoms with Gasteiger partial charge in [0.1, 0.15) is 12.1 Å². The van der Waals surface area contributed by atoms with Gasteiger partial charge in [-0.1, -0.05) is 17.7 Å². The van der Waals surface area contributed by atoms with Gasteiger partial charge in [-0.25, -0.2) is 19.2 Å². The molecule has 1 N–H and O–H groups in total. The van der Waals surface area contributed by atoms with E-state index in [9.17, 15) is 4.39 Å². The molecule has 5 rings (SSSR count). The quantitative estimate of drug-likeness (QED) is 0.449. The van der Waals surface area contributed by atoms with Crippen LogP contribution in [0.4, 0.5) is 27.3 Å². The third-order valence-corrected chi connectivity index (χ3v) is 6.05. The molecule has 0 spiro atoms. The number of hydrogen-bond donors (Lipinski definition) is 1. The molecule has 1 aromatic heterocycles. The summed E-state index contributed by atoms with van der Waals surface area (Å²) in [5, 5.41) is 3.18. The molecule has 7 heteroatoms. The van der Waals surface area contributed by atoms with E-state index in [0.29, 0.717) is 11.4 Å². The van der Waals surface area contributed by atoms with Crippen LogP contribution in [-0.2, 0) is 6.42 Å². The normalized spacial score (nSPS) is 14.9. The van der Waals surface area contributed by atoms with Crippen LogP contribution < -0.4 is 15.0 Å². The van der Waals surface area contributed by atoms with Crippen LogP contribution in [0.2, 0.25) is 0 Å². The first-order chi connectivity index (χ1) is 16.1. The Balaban J connectivity index is 1.38. The summed E-state index contributed by atoms with van der Waals surface area (Å²) in [4.78, 5) is 14.3. The smallest absolute Gasteiger partial charge is 0.288 e. The fraction of sp³-hybridized carbons (Fsp3) is 0.269. The van der Waals surface area contributed by atoms with Crippen molar-refractivity contribution in [1.29, 1.82) is 0 Å². The number of anilines is 3. The summed E-state index contributed by atoms with van der Waals surface area (Å²) in [6.07, 6.45) is 7.60. The fourth-order valence-corrected chi connectivity index (χ4v) is 4.38. The van der Waals surface area contributed by atoms with Crippen molar-refractivity contribution in [2.24, 2.45) is 0 Å². The Morgan fingerprint density at radius 1 is 1.06 bits per heavy atom. The van der Waals surface area contributed by atoms with Crippen LogP contribution >= 0.6 is 0 Å². The Bertz CT molecular complexity index is 1260. The van der Waals surface area contributed by atoms with E-state index in [-0.39, 0.29) is 17.3 Å². The summed E-state index contributed by atoms with van der Waals surface area (Å²) >= 11 is 0. The molecule has 0 atom stereocenters. The first-order valence-electron chi connectivity index (χ1n) is 11.1. The van der Waals surface area contributed by atoms with Gasteiger partial charge >= 0.3 is 0 Å². The van der Waals surface area contributed by atoms with E-state index < -0.39 is 5.82 Å². The molecule has 0 amide bonds. The molecule has 0 bridgehead atoms. The number of nitrogens with one attached hydrogen (secondary N) is 1. The molecule has 1 aliphatic carbocycles. The molecule has 6 nitrogen and oxygen atoms in total. The number of ether oxygens (including phenoxy) is 1. The Labute approximate surface area is 192 Å². The highest BCUT2D eigenvalue weighted by atomic mass is 19.1. The molecule has 2 aromatic carbocycles. The van der Waals surface area contributed by atoms with Crippen molar-refractivity contribution < 1.29 is 9.13 Å². The van der Waals surface area contributed by atoms with E-state index in [1.165, 1.54) is 31.3 Å². The molecule has 3 aromatic rings. The van der Waals surface area contributed by atoms with Crippen LogP contribution in [0.3, 0.4) is 0 Å². The summed E-state index contributed by atoms with van der Waals surface area (Å²) in [7, 11) is 0. The lowest BCUT2D eigenvalue weighted by molar-refractivity contribution is 0.428. The summed E-state index contributed by atoms with van der Waals surface area (Å²) in [6.45, 7) is 11.8. The number of aromatic nitrogens is 2. The molecule has 0 radical (unpaired) electrons. The molecule has 2 aliphatic rings. The second kappa shape index (κ2) is 8.91. The van der Waals surface area contributed by atoms with Crippen LogP contribution in [0.15, 0.2) is 48.3 Å². The molecular weight excluding hydrogens is 417 g/mol. The highest BCUT2D eigenvalue weighted by molar-refractivity contribution is 5.76. The Hall–Kier alpha value is -3.92. The van der Waals surface area contributed by atoms with Gasteiger partial charge in [-0.3, -0.25) is 0 Å². The van der Waals surface area contributed by atoms with Crippen molar-refractivity contribution in [1.82, 2.24) is 9.97 Å². The van der Waals surface area contributed by atoms with Gasteiger partial charge in [0.2, 0.25) is 5.88 Å². The van der Waals surface area contributed by atoms with Gasteiger partial charge in [0.25, 0.3) is 5.69 Å². The molecule has 1 aliphatic heterocycles. The molecule has 33 heavy (non-hydrogen) atoms. The number of piperidine rings is 1. The number of hydrogen-bond acceptors (Lipinski definition) is 5. The Morgan fingerprint density at radius 3 is 2.61 bits per heavy atom. The van der Waals surface area contributed by atoms with E-state index in [1.807, 2.05) is 31.2 Å². The third kappa shape index (κ3) is 4.24. The van der Waals surface area contributed by atoms with Crippen molar-refractivity contribution in [3.05, 3.63) is 76.7 Å². The minimum absolute atomic E-state index is 0.0185. The lowest BCUT2D eigenvalue weighted by atomic mass is 10.1.